The zero-order chi connectivity index (χ0) is 28.7. The number of nitrogens with zero attached hydrogens (tertiary/aromatic N) is 1. The molecule has 3 aliphatic heterocycles. The standard InChI is InChI=1S/C33H38ClN3O4/c1-20(2)22-10-14-25(15-11-22)35-30(38)27-26-16-18-33(41-26)28(27)32(40)37(19-17-21-8-12-23(34)13-9-21)29(33)31(39)36-24-6-4-3-5-7-24/h8-16,18,20,24,26-29H,3-7,17,19H2,1-2H3,(H,35,38)(H,36,39)/t26-,27?,28-,29?,33?/m1/s1. The Morgan fingerprint density at radius 1 is 1.02 bits per heavy atom. The minimum absolute atomic E-state index is 0.0930. The normalized spacial score (nSPS) is 28.8. The summed E-state index contributed by atoms with van der Waals surface area (Å²) in [6, 6.07) is 14.6. The second-order valence-corrected chi connectivity index (χ2v) is 12.7. The highest BCUT2D eigenvalue weighted by atomic mass is 35.5. The van der Waals surface area contributed by atoms with Crippen LogP contribution in [0.5, 0.6) is 0 Å². The van der Waals surface area contributed by atoms with Gasteiger partial charge in [-0.1, -0.05) is 81.1 Å². The van der Waals surface area contributed by atoms with Crippen LogP contribution in [-0.2, 0) is 25.5 Å². The second kappa shape index (κ2) is 11.3. The van der Waals surface area contributed by atoms with Gasteiger partial charge >= 0.3 is 0 Å². The van der Waals surface area contributed by atoms with Crippen molar-refractivity contribution in [3.8, 4) is 0 Å². The topological polar surface area (TPSA) is 87.7 Å². The molecule has 0 radical (unpaired) electrons. The zero-order valence-corrected chi connectivity index (χ0v) is 24.4. The summed E-state index contributed by atoms with van der Waals surface area (Å²) >= 11 is 6.07. The summed E-state index contributed by atoms with van der Waals surface area (Å²) in [4.78, 5) is 43.5. The molecule has 4 aliphatic rings. The first-order valence-corrected chi connectivity index (χ1v) is 15.3. The van der Waals surface area contributed by atoms with Crippen LogP contribution in [0.2, 0.25) is 5.02 Å². The highest BCUT2D eigenvalue weighted by Gasteiger charge is 2.72. The Kier molecular flexibility index (Phi) is 7.68. The Labute approximate surface area is 246 Å². The molecule has 5 atom stereocenters. The van der Waals surface area contributed by atoms with Crippen LogP contribution in [0.4, 0.5) is 5.69 Å². The lowest BCUT2D eigenvalue weighted by Gasteiger charge is -2.34. The first-order chi connectivity index (χ1) is 19.8. The highest BCUT2D eigenvalue weighted by molar-refractivity contribution is 6.30. The van der Waals surface area contributed by atoms with E-state index in [4.69, 9.17) is 16.3 Å². The van der Waals surface area contributed by atoms with Gasteiger partial charge in [0.05, 0.1) is 17.9 Å². The molecule has 1 aliphatic carbocycles. The van der Waals surface area contributed by atoms with E-state index in [9.17, 15) is 14.4 Å². The lowest BCUT2D eigenvalue weighted by Crippen LogP contribution is -2.56. The van der Waals surface area contributed by atoms with Crippen molar-refractivity contribution in [3.05, 3.63) is 76.8 Å². The Morgan fingerprint density at radius 2 is 1.73 bits per heavy atom. The summed E-state index contributed by atoms with van der Waals surface area (Å²) in [6.07, 6.45) is 8.96. The third-order valence-electron chi connectivity index (χ3n) is 9.28. The number of rotatable bonds is 8. The van der Waals surface area contributed by atoms with Gasteiger partial charge in [-0.3, -0.25) is 14.4 Å². The molecule has 2 saturated heterocycles. The van der Waals surface area contributed by atoms with Gasteiger partial charge in [-0.25, -0.2) is 0 Å². The van der Waals surface area contributed by atoms with Crippen molar-refractivity contribution in [3.63, 3.8) is 0 Å². The van der Waals surface area contributed by atoms with Crippen molar-refractivity contribution < 1.29 is 19.1 Å². The average molecular weight is 576 g/mol. The molecule has 6 rings (SSSR count). The van der Waals surface area contributed by atoms with Gasteiger partial charge in [0.15, 0.2) is 0 Å². The van der Waals surface area contributed by atoms with E-state index in [1.807, 2.05) is 60.7 Å². The molecule has 2 N–H and O–H groups in total. The van der Waals surface area contributed by atoms with E-state index >= 15 is 0 Å². The minimum atomic E-state index is -1.16. The van der Waals surface area contributed by atoms with Gasteiger partial charge in [-0.2, -0.15) is 0 Å². The van der Waals surface area contributed by atoms with Crippen LogP contribution in [0, 0.1) is 11.8 Å². The number of likely N-dealkylation sites (tertiary alicyclic amines) is 1. The van der Waals surface area contributed by atoms with Gasteiger partial charge in [-0.15, -0.1) is 0 Å². The van der Waals surface area contributed by atoms with E-state index in [0.717, 1.165) is 31.2 Å². The second-order valence-electron chi connectivity index (χ2n) is 12.2. The van der Waals surface area contributed by atoms with Gasteiger partial charge in [0, 0.05) is 23.3 Å². The van der Waals surface area contributed by atoms with E-state index in [0.29, 0.717) is 29.6 Å². The maximum Gasteiger partial charge on any atom is 0.246 e. The van der Waals surface area contributed by atoms with Crippen molar-refractivity contribution in [2.24, 2.45) is 11.8 Å². The Balaban J connectivity index is 1.27. The van der Waals surface area contributed by atoms with Crippen molar-refractivity contribution in [1.82, 2.24) is 10.2 Å². The molecule has 41 heavy (non-hydrogen) atoms. The number of benzene rings is 2. The lowest BCUT2D eigenvalue weighted by molar-refractivity contribution is -0.141. The van der Waals surface area contributed by atoms with Crippen LogP contribution in [0.25, 0.3) is 0 Å². The molecule has 1 spiro atoms. The van der Waals surface area contributed by atoms with E-state index in [2.05, 4.69) is 24.5 Å². The maximum absolute atomic E-state index is 14.2. The SMILES string of the molecule is CC(C)c1ccc(NC(=O)C2[C@H]3C=CC4(O3)C(C(=O)NC3CCCCC3)N(CCc3ccc(Cl)cc3)C(=O)[C@@H]24)cc1. The van der Waals surface area contributed by atoms with E-state index in [1.54, 1.807) is 4.90 Å². The summed E-state index contributed by atoms with van der Waals surface area (Å²) in [7, 11) is 0. The summed E-state index contributed by atoms with van der Waals surface area (Å²) in [5.74, 6) is -1.76. The first kappa shape index (κ1) is 28.0. The molecule has 3 unspecified atom stereocenters. The largest absolute Gasteiger partial charge is 0.359 e. The molecular formula is C33H38ClN3O4. The van der Waals surface area contributed by atoms with E-state index < -0.39 is 29.6 Å². The van der Waals surface area contributed by atoms with Crippen molar-refractivity contribution in [1.29, 1.82) is 0 Å². The number of nitrogens with one attached hydrogen (secondary N) is 2. The third kappa shape index (κ3) is 5.19. The molecule has 2 aromatic carbocycles. The smallest absolute Gasteiger partial charge is 0.246 e. The van der Waals surface area contributed by atoms with Crippen LogP contribution in [0.1, 0.15) is 63.0 Å². The number of hydrogen-bond acceptors (Lipinski definition) is 4. The number of halogens is 1. The number of fused-ring (bicyclic) bond motifs is 1. The van der Waals surface area contributed by atoms with Gasteiger partial charge in [0.2, 0.25) is 17.7 Å². The molecule has 3 amide bonds. The molecular weight excluding hydrogens is 538 g/mol. The highest BCUT2D eigenvalue weighted by Crippen LogP contribution is 2.55. The zero-order valence-electron chi connectivity index (χ0n) is 23.6. The first-order valence-electron chi connectivity index (χ1n) is 14.9. The minimum Gasteiger partial charge on any atom is -0.359 e. The quantitative estimate of drug-likeness (QED) is 0.421. The van der Waals surface area contributed by atoms with Crippen LogP contribution in [-0.4, -0.2) is 53.0 Å². The fourth-order valence-corrected chi connectivity index (χ4v) is 7.24. The van der Waals surface area contributed by atoms with Crippen LogP contribution < -0.4 is 10.6 Å². The molecule has 2 bridgehead atoms. The van der Waals surface area contributed by atoms with E-state index in [-0.39, 0.29) is 23.8 Å². The summed E-state index contributed by atoms with van der Waals surface area (Å²) in [5, 5.41) is 6.90. The molecule has 1 saturated carbocycles. The molecule has 0 aromatic heterocycles. The molecule has 3 heterocycles. The van der Waals surface area contributed by atoms with Gasteiger partial charge in [-0.05, 0) is 60.6 Å². The van der Waals surface area contributed by atoms with E-state index in [1.165, 1.54) is 12.0 Å². The Hall–Kier alpha value is -3.16. The van der Waals surface area contributed by atoms with Crippen molar-refractivity contribution in [2.75, 3.05) is 11.9 Å². The van der Waals surface area contributed by atoms with Crippen molar-refractivity contribution >= 4 is 35.0 Å². The van der Waals surface area contributed by atoms with Gasteiger partial charge in [0.1, 0.15) is 11.6 Å². The van der Waals surface area contributed by atoms with Crippen LogP contribution >= 0.6 is 11.6 Å². The maximum atomic E-state index is 14.2. The fraction of sp³-hybridized carbons (Fsp3) is 0.485. The van der Waals surface area contributed by atoms with Gasteiger partial charge < -0.3 is 20.3 Å². The third-order valence-corrected chi connectivity index (χ3v) is 9.53. The van der Waals surface area contributed by atoms with Gasteiger partial charge in [0.25, 0.3) is 0 Å². The number of amides is 3. The summed E-state index contributed by atoms with van der Waals surface area (Å²) in [5.41, 5.74) is 1.71. The van der Waals surface area contributed by atoms with Crippen LogP contribution in [0.15, 0.2) is 60.7 Å². The lowest BCUT2D eigenvalue weighted by atomic mass is 9.74. The molecule has 2 aromatic rings. The molecule has 8 heteroatoms. The Bertz CT molecular complexity index is 1340. The summed E-state index contributed by atoms with van der Waals surface area (Å²) < 4.78 is 6.48. The number of carbonyl (C=O) groups is 3. The monoisotopic (exact) mass is 575 g/mol. The molecule has 3 fully saturated rings. The molecule has 216 valence electrons. The fourth-order valence-electron chi connectivity index (χ4n) is 7.11. The predicted molar refractivity (Wildman–Crippen MR) is 159 cm³/mol. The number of anilines is 1. The molecule has 7 nitrogen and oxygen atoms in total. The summed E-state index contributed by atoms with van der Waals surface area (Å²) in [6.45, 7) is 4.59. The predicted octanol–water partition coefficient (Wildman–Crippen LogP) is 5.24. The number of ether oxygens (including phenoxy) is 1. The van der Waals surface area contributed by atoms with Crippen molar-refractivity contribution in [2.45, 2.75) is 82.1 Å². The average Bonchev–Trinajstić information content (AvgIpc) is 3.61. The number of hydrogen-bond donors (Lipinski definition) is 2. The number of carbonyl (C=O) groups excluding carboxylic acids is 3. The Morgan fingerprint density at radius 3 is 2.41 bits per heavy atom. The van der Waals surface area contributed by atoms with Crippen LogP contribution in [0.3, 0.4) is 0 Å².